The van der Waals surface area contributed by atoms with Crippen molar-refractivity contribution in [2.45, 2.75) is 45.1 Å². The van der Waals surface area contributed by atoms with Crippen molar-refractivity contribution in [1.82, 2.24) is 15.2 Å². The summed E-state index contributed by atoms with van der Waals surface area (Å²) >= 11 is 0. The molecule has 1 amide bonds. The highest BCUT2D eigenvalue weighted by molar-refractivity contribution is 5.95. The molecule has 1 fully saturated rings. The Hall–Kier alpha value is -2.70. The van der Waals surface area contributed by atoms with Gasteiger partial charge in [0, 0.05) is 11.7 Å². The standard InChI is InChI=1S/C17H22N6O/c1-10(2)11-6-8-13(9-7-11)20-17-21-16(19-12-4-3-5-12)14(15(18)24)22-23-17/h6-10,12H,3-5H2,1-2H3,(H2,18,24)(H2,19,20,21,23). The first-order chi connectivity index (χ1) is 11.5. The van der Waals surface area contributed by atoms with Gasteiger partial charge in [0.1, 0.15) is 0 Å². The summed E-state index contributed by atoms with van der Waals surface area (Å²) in [7, 11) is 0. The molecule has 1 aromatic carbocycles. The fraction of sp³-hybridized carbons (Fsp3) is 0.412. The van der Waals surface area contributed by atoms with E-state index in [1.807, 2.05) is 12.1 Å². The van der Waals surface area contributed by atoms with Gasteiger partial charge < -0.3 is 16.4 Å². The van der Waals surface area contributed by atoms with Crippen molar-refractivity contribution >= 4 is 23.4 Å². The maximum Gasteiger partial charge on any atom is 0.273 e. The van der Waals surface area contributed by atoms with Crippen LogP contribution in [0, 0.1) is 0 Å². The van der Waals surface area contributed by atoms with Gasteiger partial charge in [-0.2, -0.15) is 4.98 Å². The van der Waals surface area contributed by atoms with Gasteiger partial charge in [0.15, 0.2) is 11.5 Å². The minimum atomic E-state index is -0.635. The van der Waals surface area contributed by atoms with E-state index in [9.17, 15) is 4.79 Å². The van der Waals surface area contributed by atoms with Gasteiger partial charge in [-0.15, -0.1) is 10.2 Å². The van der Waals surface area contributed by atoms with Crippen LogP contribution in [0.15, 0.2) is 24.3 Å². The Labute approximate surface area is 141 Å². The molecule has 0 spiro atoms. The number of hydrogen-bond donors (Lipinski definition) is 3. The van der Waals surface area contributed by atoms with E-state index in [1.54, 1.807) is 0 Å². The van der Waals surface area contributed by atoms with Crippen molar-refractivity contribution in [1.29, 1.82) is 0 Å². The van der Waals surface area contributed by atoms with Crippen LogP contribution >= 0.6 is 0 Å². The second-order valence-electron chi connectivity index (χ2n) is 6.37. The zero-order valence-electron chi connectivity index (χ0n) is 13.9. The maximum atomic E-state index is 11.5. The summed E-state index contributed by atoms with van der Waals surface area (Å²) in [6.07, 6.45) is 3.29. The fourth-order valence-electron chi connectivity index (χ4n) is 2.47. The molecule has 0 radical (unpaired) electrons. The molecule has 1 aliphatic carbocycles. The molecule has 126 valence electrons. The first kappa shape index (κ1) is 16.2. The van der Waals surface area contributed by atoms with Crippen molar-refractivity contribution in [2.75, 3.05) is 10.6 Å². The third kappa shape index (κ3) is 3.61. The van der Waals surface area contributed by atoms with Gasteiger partial charge in [-0.3, -0.25) is 4.79 Å². The lowest BCUT2D eigenvalue weighted by Crippen LogP contribution is -2.30. The number of benzene rings is 1. The van der Waals surface area contributed by atoms with Gasteiger partial charge in [-0.05, 0) is 42.9 Å². The Bertz CT molecular complexity index is 724. The largest absolute Gasteiger partial charge is 0.365 e. The number of carbonyl (C=O) groups excluding carboxylic acids is 1. The Morgan fingerprint density at radius 3 is 2.46 bits per heavy atom. The van der Waals surface area contributed by atoms with E-state index in [1.165, 1.54) is 12.0 Å². The summed E-state index contributed by atoms with van der Waals surface area (Å²) in [6.45, 7) is 4.30. The van der Waals surface area contributed by atoms with Gasteiger partial charge in [0.05, 0.1) is 0 Å². The minimum Gasteiger partial charge on any atom is -0.365 e. The van der Waals surface area contributed by atoms with Crippen molar-refractivity contribution in [3.05, 3.63) is 35.5 Å². The van der Waals surface area contributed by atoms with Crippen LogP contribution < -0.4 is 16.4 Å². The molecule has 1 saturated carbocycles. The van der Waals surface area contributed by atoms with E-state index < -0.39 is 5.91 Å². The molecule has 1 aromatic heterocycles. The van der Waals surface area contributed by atoms with Gasteiger partial charge >= 0.3 is 0 Å². The van der Waals surface area contributed by atoms with Crippen LogP contribution in [-0.4, -0.2) is 27.1 Å². The molecule has 1 aliphatic rings. The first-order valence-corrected chi connectivity index (χ1v) is 8.21. The third-order valence-electron chi connectivity index (χ3n) is 4.20. The monoisotopic (exact) mass is 326 g/mol. The van der Waals surface area contributed by atoms with E-state index >= 15 is 0 Å². The van der Waals surface area contributed by atoms with Crippen LogP contribution in [0.1, 0.15) is 55.1 Å². The van der Waals surface area contributed by atoms with Gasteiger partial charge in [-0.25, -0.2) is 0 Å². The van der Waals surface area contributed by atoms with Crippen LogP contribution in [-0.2, 0) is 0 Å². The first-order valence-electron chi connectivity index (χ1n) is 8.21. The van der Waals surface area contributed by atoms with Crippen LogP contribution in [0.2, 0.25) is 0 Å². The lowest BCUT2D eigenvalue weighted by molar-refractivity contribution is 0.0995. The van der Waals surface area contributed by atoms with Crippen molar-refractivity contribution in [3.63, 3.8) is 0 Å². The number of nitrogens with two attached hydrogens (primary N) is 1. The zero-order valence-corrected chi connectivity index (χ0v) is 13.9. The predicted octanol–water partition coefficient (Wildman–Crippen LogP) is 2.80. The van der Waals surface area contributed by atoms with E-state index in [0.717, 1.165) is 18.5 Å². The molecule has 0 atom stereocenters. The summed E-state index contributed by atoms with van der Waals surface area (Å²) in [6, 6.07) is 8.38. The molecule has 3 rings (SSSR count). The molecule has 1 heterocycles. The summed E-state index contributed by atoms with van der Waals surface area (Å²) in [4.78, 5) is 15.9. The molecule has 7 heteroatoms. The van der Waals surface area contributed by atoms with E-state index in [0.29, 0.717) is 23.7 Å². The molecule has 0 bridgehead atoms. The van der Waals surface area contributed by atoms with Crippen LogP contribution in [0.3, 0.4) is 0 Å². The average molecular weight is 326 g/mol. The molecule has 4 N–H and O–H groups in total. The van der Waals surface area contributed by atoms with Gasteiger partial charge in [0.2, 0.25) is 5.95 Å². The quantitative estimate of drug-likeness (QED) is 0.753. The fourth-order valence-corrected chi connectivity index (χ4v) is 2.47. The number of nitrogens with one attached hydrogen (secondary N) is 2. The molecular formula is C17H22N6O. The lowest BCUT2D eigenvalue weighted by atomic mass is 9.93. The highest BCUT2D eigenvalue weighted by atomic mass is 16.1. The van der Waals surface area contributed by atoms with E-state index in [2.05, 4.69) is 51.8 Å². The number of hydrogen-bond acceptors (Lipinski definition) is 6. The smallest absolute Gasteiger partial charge is 0.273 e. The predicted molar refractivity (Wildman–Crippen MR) is 93.4 cm³/mol. The molecule has 0 saturated heterocycles. The Morgan fingerprint density at radius 1 is 1.21 bits per heavy atom. The number of primary amides is 1. The molecule has 0 aliphatic heterocycles. The van der Waals surface area contributed by atoms with E-state index in [4.69, 9.17) is 5.73 Å². The second kappa shape index (κ2) is 6.82. The zero-order chi connectivity index (χ0) is 17.1. The summed E-state index contributed by atoms with van der Waals surface area (Å²) in [5.41, 5.74) is 7.55. The number of carbonyl (C=O) groups is 1. The molecule has 7 nitrogen and oxygen atoms in total. The molecule has 0 unspecified atom stereocenters. The minimum absolute atomic E-state index is 0.0719. The third-order valence-corrected chi connectivity index (χ3v) is 4.20. The average Bonchev–Trinajstić information content (AvgIpc) is 2.51. The molecule has 24 heavy (non-hydrogen) atoms. The summed E-state index contributed by atoms with van der Waals surface area (Å²) < 4.78 is 0. The molecular weight excluding hydrogens is 304 g/mol. The van der Waals surface area contributed by atoms with Crippen molar-refractivity contribution < 1.29 is 4.79 Å². The van der Waals surface area contributed by atoms with Crippen LogP contribution in [0.25, 0.3) is 0 Å². The Morgan fingerprint density at radius 2 is 1.92 bits per heavy atom. The number of amides is 1. The number of aromatic nitrogens is 3. The lowest BCUT2D eigenvalue weighted by Gasteiger charge is -2.27. The van der Waals surface area contributed by atoms with Crippen molar-refractivity contribution in [2.24, 2.45) is 5.73 Å². The maximum absolute atomic E-state index is 11.5. The highest BCUT2D eigenvalue weighted by Gasteiger charge is 2.22. The van der Waals surface area contributed by atoms with E-state index in [-0.39, 0.29) is 5.69 Å². The number of rotatable bonds is 6. The Balaban J connectivity index is 1.79. The number of anilines is 3. The number of nitrogens with zero attached hydrogens (tertiary/aromatic N) is 3. The second-order valence-corrected chi connectivity index (χ2v) is 6.37. The highest BCUT2D eigenvalue weighted by Crippen LogP contribution is 2.24. The van der Waals surface area contributed by atoms with Gasteiger partial charge in [0.25, 0.3) is 5.91 Å². The summed E-state index contributed by atoms with van der Waals surface area (Å²) in [5.74, 6) is 0.567. The normalized spacial score (nSPS) is 14.3. The summed E-state index contributed by atoms with van der Waals surface area (Å²) in [5, 5.41) is 14.2. The van der Waals surface area contributed by atoms with Crippen LogP contribution in [0.5, 0.6) is 0 Å². The van der Waals surface area contributed by atoms with Crippen LogP contribution in [0.4, 0.5) is 17.5 Å². The Kier molecular flexibility index (Phi) is 4.59. The SMILES string of the molecule is CC(C)c1ccc(Nc2nnc(C(N)=O)c(NC3CCC3)n2)cc1. The van der Waals surface area contributed by atoms with Gasteiger partial charge in [-0.1, -0.05) is 26.0 Å². The molecule has 2 aromatic rings. The van der Waals surface area contributed by atoms with Crippen molar-refractivity contribution in [3.8, 4) is 0 Å². The topological polar surface area (TPSA) is 106 Å².